The first-order valence-corrected chi connectivity index (χ1v) is 9.13. The number of likely N-dealkylation sites (tertiary alicyclic amines) is 1. The summed E-state index contributed by atoms with van der Waals surface area (Å²) in [6.07, 6.45) is 2.56. The second kappa shape index (κ2) is 4.11. The van der Waals surface area contributed by atoms with Gasteiger partial charge in [-0.05, 0) is 30.9 Å². The lowest BCUT2D eigenvalue weighted by Crippen LogP contribution is -2.45. The highest BCUT2D eigenvalue weighted by Gasteiger charge is 2.57. The molecule has 6 heteroatoms. The fraction of sp³-hybridized carbons (Fsp3) is 0.562. The molecule has 1 aliphatic carbocycles. The maximum atomic E-state index is 12.7. The van der Waals surface area contributed by atoms with Gasteiger partial charge in [0, 0.05) is 25.6 Å². The quantitative estimate of drug-likeness (QED) is 0.789. The minimum absolute atomic E-state index is 0.180. The normalized spacial score (nSPS) is 31.5. The van der Waals surface area contributed by atoms with Crippen molar-refractivity contribution >= 4 is 15.9 Å². The fourth-order valence-electron chi connectivity index (χ4n) is 3.85. The molecule has 1 aromatic carbocycles. The molecule has 2 heterocycles. The molecule has 118 valence electrons. The summed E-state index contributed by atoms with van der Waals surface area (Å²) in [6.45, 7) is 3.10. The predicted molar refractivity (Wildman–Crippen MR) is 81.6 cm³/mol. The van der Waals surface area contributed by atoms with Gasteiger partial charge in [-0.15, -0.1) is 0 Å². The monoisotopic (exact) mass is 320 g/mol. The average molecular weight is 320 g/mol. The molecule has 0 bridgehead atoms. The van der Waals surface area contributed by atoms with E-state index in [0.717, 1.165) is 18.4 Å². The Bertz CT molecular complexity index is 769. The molecule has 0 radical (unpaired) electrons. The van der Waals surface area contributed by atoms with E-state index in [-0.39, 0.29) is 11.3 Å². The van der Waals surface area contributed by atoms with Gasteiger partial charge in [-0.1, -0.05) is 25.1 Å². The first kappa shape index (κ1) is 14.2. The Morgan fingerprint density at radius 3 is 2.55 bits per heavy atom. The highest BCUT2D eigenvalue weighted by atomic mass is 32.2. The van der Waals surface area contributed by atoms with Gasteiger partial charge < -0.3 is 4.90 Å². The zero-order valence-electron chi connectivity index (χ0n) is 12.9. The smallest absolute Gasteiger partial charge is 0.244 e. The van der Waals surface area contributed by atoms with Gasteiger partial charge in [0.15, 0.2) is 0 Å². The summed E-state index contributed by atoms with van der Waals surface area (Å²) >= 11 is 0. The van der Waals surface area contributed by atoms with Crippen molar-refractivity contribution in [1.82, 2.24) is 9.21 Å². The first-order chi connectivity index (χ1) is 10.3. The lowest BCUT2D eigenvalue weighted by Gasteiger charge is -2.31. The standard InChI is InChI=1S/C16H20N2O3S/c1-15(7-8-15)14(19)18-10-9-16(11-18)12-5-3-4-6-13(12)22(20,21)17(16)2/h3-6H,7-11H2,1-2H3. The van der Waals surface area contributed by atoms with Crippen LogP contribution in [0, 0.1) is 5.41 Å². The van der Waals surface area contributed by atoms with E-state index >= 15 is 0 Å². The summed E-state index contributed by atoms with van der Waals surface area (Å²) in [5.74, 6) is 0.180. The number of hydrogen-bond acceptors (Lipinski definition) is 3. The van der Waals surface area contributed by atoms with Crippen molar-refractivity contribution in [3.05, 3.63) is 29.8 Å². The Morgan fingerprint density at radius 1 is 1.18 bits per heavy atom. The molecule has 5 nitrogen and oxygen atoms in total. The minimum Gasteiger partial charge on any atom is -0.340 e. The number of fused-ring (bicyclic) bond motifs is 2. The molecule has 1 aromatic rings. The van der Waals surface area contributed by atoms with Crippen molar-refractivity contribution in [3.8, 4) is 0 Å². The fourth-order valence-corrected chi connectivity index (χ4v) is 5.64. The molecule has 3 aliphatic rings. The van der Waals surface area contributed by atoms with Crippen molar-refractivity contribution in [2.45, 2.75) is 36.6 Å². The lowest BCUT2D eigenvalue weighted by molar-refractivity contribution is -0.135. The molecule has 2 aliphatic heterocycles. The largest absolute Gasteiger partial charge is 0.340 e. The van der Waals surface area contributed by atoms with Gasteiger partial charge in [0.25, 0.3) is 0 Å². The molecule has 0 aromatic heterocycles. The van der Waals surface area contributed by atoms with Crippen LogP contribution in [0.4, 0.5) is 0 Å². The summed E-state index contributed by atoms with van der Waals surface area (Å²) in [5.41, 5.74) is 0.0472. The zero-order chi connectivity index (χ0) is 15.8. The van der Waals surface area contributed by atoms with Gasteiger partial charge in [-0.2, -0.15) is 4.31 Å². The highest BCUT2D eigenvalue weighted by molar-refractivity contribution is 7.89. The number of rotatable bonds is 1. The topological polar surface area (TPSA) is 57.7 Å². The molecule has 1 saturated carbocycles. The van der Waals surface area contributed by atoms with E-state index in [1.54, 1.807) is 19.2 Å². The van der Waals surface area contributed by atoms with Crippen LogP contribution in [0.5, 0.6) is 0 Å². The number of carbonyl (C=O) groups is 1. The Morgan fingerprint density at radius 2 is 1.86 bits per heavy atom. The molecule has 0 N–H and O–H groups in total. The van der Waals surface area contributed by atoms with E-state index in [1.165, 1.54) is 4.31 Å². The molecule has 4 rings (SSSR count). The summed E-state index contributed by atoms with van der Waals surface area (Å²) in [6, 6.07) is 7.19. The van der Waals surface area contributed by atoms with Crippen molar-refractivity contribution in [3.63, 3.8) is 0 Å². The van der Waals surface area contributed by atoms with Crippen LogP contribution in [0.3, 0.4) is 0 Å². The molecule has 2 fully saturated rings. The second-order valence-electron chi connectivity index (χ2n) is 7.04. The van der Waals surface area contributed by atoms with Gasteiger partial charge in [-0.25, -0.2) is 8.42 Å². The maximum absolute atomic E-state index is 12.7. The van der Waals surface area contributed by atoms with Crippen molar-refractivity contribution in [1.29, 1.82) is 0 Å². The SMILES string of the molecule is CN1C2(CCN(C(=O)C3(C)CC3)C2)c2ccccc2S1(=O)=O. The predicted octanol–water partition coefficient (Wildman–Crippen LogP) is 1.55. The van der Waals surface area contributed by atoms with Gasteiger partial charge in [0.05, 0.1) is 10.4 Å². The van der Waals surface area contributed by atoms with E-state index in [1.807, 2.05) is 24.0 Å². The molecular formula is C16H20N2O3S. The summed E-state index contributed by atoms with van der Waals surface area (Å²) in [7, 11) is -1.81. The summed E-state index contributed by atoms with van der Waals surface area (Å²) in [4.78, 5) is 14.9. The Hall–Kier alpha value is -1.40. The summed E-state index contributed by atoms with van der Waals surface area (Å²) in [5, 5.41) is 0. The zero-order valence-corrected chi connectivity index (χ0v) is 13.7. The molecule has 1 atom stereocenters. The van der Waals surface area contributed by atoms with E-state index in [9.17, 15) is 13.2 Å². The molecule has 1 amide bonds. The van der Waals surface area contributed by atoms with E-state index < -0.39 is 15.6 Å². The van der Waals surface area contributed by atoms with Crippen LogP contribution in [0.2, 0.25) is 0 Å². The third kappa shape index (κ3) is 1.62. The van der Waals surface area contributed by atoms with E-state index in [4.69, 9.17) is 0 Å². The summed E-state index contributed by atoms with van der Waals surface area (Å²) < 4.78 is 26.8. The van der Waals surface area contributed by atoms with Crippen molar-refractivity contribution < 1.29 is 13.2 Å². The Labute approximate surface area is 131 Å². The Balaban J connectivity index is 1.75. The van der Waals surface area contributed by atoms with Crippen LogP contribution < -0.4 is 0 Å². The van der Waals surface area contributed by atoms with Crippen molar-refractivity contribution in [2.75, 3.05) is 20.1 Å². The number of hydrogen-bond donors (Lipinski definition) is 0. The van der Waals surface area contributed by atoms with Crippen LogP contribution >= 0.6 is 0 Å². The van der Waals surface area contributed by atoms with E-state index in [0.29, 0.717) is 24.4 Å². The van der Waals surface area contributed by atoms with Gasteiger partial charge >= 0.3 is 0 Å². The first-order valence-electron chi connectivity index (χ1n) is 7.69. The Kier molecular flexibility index (Phi) is 2.66. The number of nitrogens with zero attached hydrogens (tertiary/aromatic N) is 2. The van der Waals surface area contributed by atoms with Crippen LogP contribution in [0.25, 0.3) is 0 Å². The number of sulfonamides is 1. The third-order valence-electron chi connectivity index (χ3n) is 5.68. The molecule has 1 saturated heterocycles. The van der Waals surface area contributed by atoms with Gasteiger partial charge in [0.2, 0.25) is 15.9 Å². The van der Waals surface area contributed by atoms with Crippen LogP contribution in [-0.2, 0) is 20.4 Å². The van der Waals surface area contributed by atoms with Crippen molar-refractivity contribution in [2.24, 2.45) is 5.41 Å². The average Bonchev–Trinajstić information content (AvgIpc) is 3.07. The van der Waals surface area contributed by atoms with Gasteiger partial charge in [0.1, 0.15) is 0 Å². The number of likely N-dealkylation sites (N-methyl/N-ethyl adjacent to an activating group) is 1. The lowest BCUT2D eigenvalue weighted by atomic mass is 9.89. The van der Waals surface area contributed by atoms with Crippen LogP contribution in [0.15, 0.2) is 29.2 Å². The van der Waals surface area contributed by atoms with Gasteiger partial charge in [-0.3, -0.25) is 4.79 Å². The van der Waals surface area contributed by atoms with E-state index in [2.05, 4.69) is 0 Å². The number of amides is 1. The van der Waals surface area contributed by atoms with Crippen LogP contribution in [-0.4, -0.2) is 43.7 Å². The number of carbonyl (C=O) groups excluding carboxylic acids is 1. The minimum atomic E-state index is -3.45. The molecular weight excluding hydrogens is 300 g/mol. The number of benzene rings is 1. The second-order valence-corrected chi connectivity index (χ2v) is 8.98. The molecule has 1 spiro atoms. The molecule has 22 heavy (non-hydrogen) atoms. The maximum Gasteiger partial charge on any atom is 0.244 e. The third-order valence-corrected chi connectivity index (χ3v) is 7.66. The van der Waals surface area contributed by atoms with Crippen LogP contribution in [0.1, 0.15) is 31.7 Å². The molecule has 1 unspecified atom stereocenters. The highest BCUT2D eigenvalue weighted by Crippen LogP contribution is 2.51.